The Morgan fingerprint density at radius 1 is 1.17 bits per heavy atom. The maximum Gasteiger partial charge on any atom is 0.248 e. The van der Waals surface area contributed by atoms with Crippen molar-refractivity contribution in [1.82, 2.24) is 9.80 Å². The van der Waals surface area contributed by atoms with Crippen LogP contribution in [0.15, 0.2) is 24.3 Å². The van der Waals surface area contributed by atoms with E-state index in [2.05, 4.69) is 9.80 Å². The molecule has 2 fully saturated rings. The van der Waals surface area contributed by atoms with Crippen molar-refractivity contribution in [1.29, 1.82) is 0 Å². The Morgan fingerprint density at radius 3 is 2.54 bits per heavy atom. The van der Waals surface area contributed by atoms with E-state index in [1.807, 2.05) is 12.1 Å². The predicted molar refractivity (Wildman–Crippen MR) is 91.7 cm³/mol. The normalized spacial score (nSPS) is 24.6. The van der Waals surface area contributed by atoms with Crippen molar-refractivity contribution in [2.45, 2.75) is 31.5 Å². The number of aliphatic hydroxyl groups is 1. The van der Waals surface area contributed by atoms with Crippen LogP contribution in [0.5, 0.6) is 0 Å². The van der Waals surface area contributed by atoms with Gasteiger partial charge in [-0.1, -0.05) is 12.1 Å². The van der Waals surface area contributed by atoms with Crippen LogP contribution in [0, 0.1) is 0 Å². The van der Waals surface area contributed by atoms with Gasteiger partial charge in [0, 0.05) is 57.5 Å². The number of amides is 1. The van der Waals surface area contributed by atoms with Gasteiger partial charge >= 0.3 is 0 Å². The number of carbonyl (C=O) groups is 1. The number of hydrogen-bond acceptors (Lipinski definition) is 5. The maximum atomic E-state index is 11.1. The van der Waals surface area contributed by atoms with Crippen molar-refractivity contribution in [2.24, 2.45) is 5.73 Å². The minimum absolute atomic E-state index is 0.333. The first kappa shape index (κ1) is 17.4. The molecule has 2 aliphatic rings. The SMILES string of the molecule is NC(=O)c1ccc(CN2CCN(C3CCOCC3)C[C@@H](O)C2)cc1. The van der Waals surface area contributed by atoms with Crippen LogP contribution in [0.4, 0.5) is 0 Å². The number of β-amino-alcohol motifs (C(OH)–C–C–N with tert-alkyl or cyclic N) is 1. The molecule has 6 heteroatoms. The zero-order chi connectivity index (χ0) is 16.9. The highest BCUT2D eigenvalue weighted by Crippen LogP contribution is 2.18. The van der Waals surface area contributed by atoms with Crippen molar-refractivity contribution in [3.63, 3.8) is 0 Å². The molecule has 3 rings (SSSR count). The standard InChI is InChI=1S/C18H27N3O3/c19-18(23)15-3-1-14(2-4-15)11-20-7-8-21(13-17(22)12-20)16-5-9-24-10-6-16/h1-4,16-17,22H,5-13H2,(H2,19,23)/t17-/m0/s1. The fraction of sp³-hybridized carbons (Fsp3) is 0.611. The second kappa shape index (κ2) is 8.07. The van der Waals surface area contributed by atoms with Crippen molar-refractivity contribution in [3.05, 3.63) is 35.4 Å². The summed E-state index contributed by atoms with van der Waals surface area (Å²) >= 11 is 0. The molecule has 2 heterocycles. The maximum absolute atomic E-state index is 11.1. The Labute approximate surface area is 143 Å². The molecule has 0 unspecified atom stereocenters. The smallest absolute Gasteiger partial charge is 0.248 e. The van der Waals surface area contributed by atoms with Gasteiger partial charge in [0.25, 0.3) is 0 Å². The van der Waals surface area contributed by atoms with Crippen LogP contribution in [-0.2, 0) is 11.3 Å². The average molecular weight is 333 g/mol. The quantitative estimate of drug-likeness (QED) is 0.836. The highest BCUT2D eigenvalue weighted by atomic mass is 16.5. The van der Waals surface area contributed by atoms with Gasteiger partial charge in [-0.3, -0.25) is 14.6 Å². The lowest BCUT2D eigenvalue weighted by Crippen LogP contribution is -2.43. The number of primary amides is 1. The Hall–Kier alpha value is -1.47. The molecule has 3 N–H and O–H groups in total. The second-order valence-electron chi connectivity index (χ2n) is 6.79. The van der Waals surface area contributed by atoms with Crippen LogP contribution in [0.1, 0.15) is 28.8 Å². The number of ether oxygens (including phenoxy) is 1. The van der Waals surface area contributed by atoms with E-state index in [-0.39, 0.29) is 6.10 Å². The van der Waals surface area contributed by atoms with Gasteiger partial charge < -0.3 is 15.6 Å². The fourth-order valence-corrected chi connectivity index (χ4v) is 3.64. The summed E-state index contributed by atoms with van der Waals surface area (Å²) < 4.78 is 5.44. The van der Waals surface area contributed by atoms with E-state index in [1.54, 1.807) is 12.1 Å². The molecule has 0 aromatic heterocycles. The summed E-state index contributed by atoms with van der Waals surface area (Å²) in [6.07, 6.45) is 1.78. The second-order valence-corrected chi connectivity index (χ2v) is 6.79. The molecule has 1 aromatic rings. The monoisotopic (exact) mass is 333 g/mol. The molecule has 0 bridgehead atoms. The molecular formula is C18H27N3O3. The zero-order valence-electron chi connectivity index (χ0n) is 14.1. The highest BCUT2D eigenvalue weighted by Gasteiger charge is 2.27. The molecule has 2 saturated heterocycles. The van der Waals surface area contributed by atoms with Gasteiger partial charge in [-0.15, -0.1) is 0 Å². The molecule has 0 spiro atoms. The first-order chi connectivity index (χ1) is 11.6. The summed E-state index contributed by atoms with van der Waals surface area (Å²) in [6, 6.07) is 7.94. The van der Waals surface area contributed by atoms with E-state index in [9.17, 15) is 9.90 Å². The van der Waals surface area contributed by atoms with Crippen LogP contribution in [0.3, 0.4) is 0 Å². The van der Waals surface area contributed by atoms with E-state index in [1.165, 1.54) is 0 Å². The van der Waals surface area contributed by atoms with Crippen LogP contribution in [0.25, 0.3) is 0 Å². The Morgan fingerprint density at radius 2 is 1.88 bits per heavy atom. The number of benzene rings is 1. The summed E-state index contributed by atoms with van der Waals surface area (Å²) in [4.78, 5) is 15.8. The van der Waals surface area contributed by atoms with Crippen LogP contribution in [0.2, 0.25) is 0 Å². The lowest BCUT2D eigenvalue weighted by atomic mass is 10.1. The van der Waals surface area contributed by atoms with E-state index in [0.717, 1.165) is 57.8 Å². The molecule has 132 valence electrons. The van der Waals surface area contributed by atoms with Crippen molar-refractivity contribution < 1.29 is 14.6 Å². The van der Waals surface area contributed by atoms with Crippen LogP contribution >= 0.6 is 0 Å². The Balaban J connectivity index is 1.57. The molecule has 1 atom stereocenters. The first-order valence-corrected chi connectivity index (χ1v) is 8.73. The van der Waals surface area contributed by atoms with Gasteiger partial charge in [0.15, 0.2) is 0 Å². The predicted octanol–water partition coefficient (Wildman–Crippen LogP) is 0.443. The largest absolute Gasteiger partial charge is 0.390 e. The van der Waals surface area contributed by atoms with E-state index >= 15 is 0 Å². The topological polar surface area (TPSA) is 79.0 Å². The molecular weight excluding hydrogens is 306 g/mol. The average Bonchev–Trinajstić information content (AvgIpc) is 2.77. The molecule has 0 saturated carbocycles. The third-order valence-electron chi connectivity index (χ3n) is 4.97. The number of aliphatic hydroxyl groups excluding tert-OH is 1. The number of nitrogens with zero attached hydrogens (tertiary/aromatic N) is 2. The van der Waals surface area contributed by atoms with E-state index in [0.29, 0.717) is 18.2 Å². The summed E-state index contributed by atoms with van der Waals surface area (Å²) in [7, 11) is 0. The lowest BCUT2D eigenvalue weighted by molar-refractivity contribution is 0.0217. The third kappa shape index (κ3) is 4.54. The Bertz CT molecular complexity index is 543. The third-order valence-corrected chi connectivity index (χ3v) is 4.97. The minimum atomic E-state index is -0.404. The number of rotatable bonds is 4. The van der Waals surface area contributed by atoms with Crippen LogP contribution in [-0.4, -0.2) is 72.4 Å². The van der Waals surface area contributed by atoms with Crippen molar-refractivity contribution in [3.8, 4) is 0 Å². The summed E-state index contributed by atoms with van der Waals surface area (Å²) in [5.41, 5.74) is 6.94. The molecule has 1 amide bonds. The Kier molecular flexibility index (Phi) is 5.84. The number of carbonyl (C=O) groups excluding carboxylic acids is 1. The zero-order valence-corrected chi connectivity index (χ0v) is 14.1. The molecule has 6 nitrogen and oxygen atoms in total. The van der Waals surface area contributed by atoms with Gasteiger partial charge in [-0.05, 0) is 30.5 Å². The molecule has 2 aliphatic heterocycles. The van der Waals surface area contributed by atoms with Gasteiger partial charge in [-0.25, -0.2) is 0 Å². The van der Waals surface area contributed by atoms with Gasteiger partial charge in [-0.2, -0.15) is 0 Å². The first-order valence-electron chi connectivity index (χ1n) is 8.73. The molecule has 0 radical (unpaired) electrons. The molecule has 1 aromatic carbocycles. The summed E-state index contributed by atoms with van der Waals surface area (Å²) in [5.74, 6) is -0.404. The lowest BCUT2D eigenvalue weighted by Gasteiger charge is -2.33. The van der Waals surface area contributed by atoms with E-state index < -0.39 is 5.91 Å². The van der Waals surface area contributed by atoms with Gasteiger partial charge in [0.1, 0.15) is 0 Å². The minimum Gasteiger partial charge on any atom is -0.390 e. The van der Waals surface area contributed by atoms with Crippen molar-refractivity contribution >= 4 is 5.91 Å². The fourth-order valence-electron chi connectivity index (χ4n) is 3.64. The summed E-state index contributed by atoms with van der Waals surface area (Å²) in [6.45, 7) is 5.75. The van der Waals surface area contributed by atoms with Gasteiger partial charge in [0.2, 0.25) is 5.91 Å². The molecule has 24 heavy (non-hydrogen) atoms. The number of nitrogens with two attached hydrogens (primary N) is 1. The van der Waals surface area contributed by atoms with Gasteiger partial charge in [0.05, 0.1) is 6.10 Å². The van der Waals surface area contributed by atoms with Crippen LogP contribution < -0.4 is 5.73 Å². The van der Waals surface area contributed by atoms with E-state index in [4.69, 9.17) is 10.5 Å². The number of hydrogen-bond donors (Lipinski definition) is 2. The molecule has 0 aliphatic carbocycles. The van der Waals surface area contributed by atoms with Crippen molar-refractivity contribution in [2.75, 3.05) is 39.4 Å². The summed E-state index contributed by atoms with van der Waals surface area (Å²) in [5, 5.41) is 10.4. The highest BCUT2D eigenvalue weighted by molar-refractivity contribution is 5.92.